The van der Waals surface area contributed by atoms with E-state index in [1.807, 2.05) is 20.1 Å². The number of thioether (sulfide) groups is 1. The Balaban J connectivity index is 0. The highest BCUT2D eigenvalue weighted by atomic mass is 127. The molecule has 0 aliphatic rings. The average Bonchev–Trinajstić information content (AvgIpc) is 2.19. The van der Waals surface area contributed by atoms with E-state index in [1.54, 1.807) is 18.8 Å². The third-order valence-corrected chi connectivity index (χ3v) is 3.52. The smallest absolute Gasteiger partial charge is 0.209 e. The molecule has 0 aliphatic carbocycles. The first-order valence-electron chi connectivity index (χ1n) is 5.62. The Hall–Kier alpha value is 0.260. The molecule has 0 bridgehead atoms. The Morgan fingerprint density at radius 1 is 1.32 bits per heavy atom. The average molecular weight is 424 g/mol. The molecule has 0 aromatic rings. The highest BCUT2D eigenvalue weighted by Crippen LogP contribution is 2.01. The fraction of sp³-hybridized carbons (Fsp3) is 0.900. The molecule has 0 aliphatic heterocycles. The second kappa shape index (κ2) is 10.1. The van der Waals surface area contributed by atoms with Gasteiger partial charge in [-0.1, -0.05) is 0 Å². The molecule has 0 aromatic heterocycles. The van der Waals surface area contributed by atoms with Crippen LogP contribution in [0.4, 0.5) is 0 Å². The normalized spacial score (nSPS) is 12.8. The first-order chi connectivity index (χ1) is 8.20. The molecule has 19 heavy (non-hydrogen) atoms. The Morgan fingerprint density at radius 3 is 2.32 bits per heavy atom. The number of hydrogen-bond acceptors (Lipinski definition) is 4. The van der Waals surface area contributed by atoms with E-state index in [1.165, 1.54) is 0 Å². The van der Waals surface area contributed by atoms with E-state index in [4.69, 9.17) is 0 Å². The Morgan fingerprint density at radius 2 is 1.89 bits per heavy atom. The lowest BCUT2D eigenvalue weighted by Gasteiger charge is -2.26. The summed E-state index contributed by atoms with van der Waals surface area (Å²) >= 11 is 1.75. The molecule has 9 heteroatoms. The molecule has 6 nitrogen and oxygen atoms in total. The van der Waals surface area contributed by atoms with Gasteiger partial charge in [-0.2, -0.15) is 11.8 Å². The standard InChI is InChI=1S/C10H24N4O2S2.HI/c1-10(2,14-18(5,15)16)8-13-9(11-3)12-6-7-17-4;/h14H,6-8H2,1-5H3,(H2,11,12,13);1H. The van der Waals surface area contributed by atoms with Gasteiger partial charge in [0, 0.05) is 31.4 Å². The molecule has 0 rings (SSSR count). The predicted octanol–water partition coefficient (Wildman–Crippen LogP) is 0.460. The monoisotopic (exact) mass is 424 g/mol. The third-order valence-electron chi connectivity index (χ3n) is 1.98. The highest BCUT2D eigenvalue weighted by Gasteiger charge is 2.22. The summed E-state index contributed by atoms with van der Waals surface area (Å²) in [7, 11) is -1.53. The maximum Gasteiger partial charge on any atom is 0.209 e. The van der Waals surface area contributed by atoms with Gasteiger partial charge in [0.2, 0.25) is 10.0 Å². The molecule has 116 valence electrons. The quantitative estimate of drug-likeness (QED) is 0.240. The number of rotatable bonds is 7. The van der Waals surface area contributed by atoms with Crippen molar-refractivity contribution in [2.75, 3.05) is 38.4 Å². The summed E-state index contributed by atoms with van der Waals surface area (Å²) < 4.78 is 24.9. The molecule has 0 saturated heterocycles. The number of nitrogens with zero attached hydrogens (tertiary/aromatic N) is 1. The molecular formula is C10H25IN4O2S2. The van der Waals surface area contributed by atoms with Gasteiger partial charge >= 0.3 is 0 Å². The zero-order chi connectivity index (χ0) is 14.2. The second-order valence-electron chi connectivity index (χ2n) is 4.60. The Kier molecular flexibility index (Phi) is 11.4. The zero-order valence-corrected chi connectivity index (χ0v) is 16.1. The minimum atomic E-state index is -3.21. The SMILES string of the molecule is CN=C(NCCSC)NCC(C)(C)NS(C)(=O)=O.I. The van der Waals surface area contributed by atoms with E-state index in [0.29, 0.717) is 12.5 Å². The molecule has 0 heterocycles. The molecule has 0 atom stereocenters. The number of guanidine groups is 1. The third kappa shape index (κ3) is 13.0. The predicted molar refractivity (Wildman–Crippen MR) is 95.2 cm³/mol. The molecule has 0 spiro atoms. The highest BCUT2D eigenvalue weighted by molar-refractivity contribution is 14.0. The number of hydrogen-bond donors (Lipinski definition) is 3. The Labute approximate surface area is 138 Å². The van der Waals surface area contributed by atoms with Crippen molar-refractivity contribution < 1.29 is 8.42 Å². The van der Waals surface area contributed by atoms with Crippen molar-refractivity contribution in [3.63, 3.8) is 0 Å². The lowest BCUT2D eigenvalue weighted by atomic mass is 10.1. The summed E-state index contributed by atoms with van der Waals surface area (Å²) in [6.07, 6.45) is 3.19. The summed E-state index contributed by atoms with van der Waals surface area (Å²) in [5.74, 6) is 1.67. The Bertz CT molecular complexity index is 372. The van der Waals surface area contributed by atoms with Crippen molar-refractivity contribution >= 4 is 51.7 Å². The number of nitrogens with one attached hydrogen (secondary N) is 3. The van der Waals surface area contributed by atoms with Crippen LogP contribution in [0.25, 0.3) is 0 Å². The molecule has 0 unspecified atom stereocenters. The van der Waals surface area contributed by atoms with Gasteiger partial charge in [-0.3, -0.25) is 4.99 Å². The fourth-order valence-electron chi connectivity index (χ4n) is 1.33. The summed E-state index contributed by atoms with van der Waals surface area (Å²) in [6.45, 7) is 4.91. The van der Waals surface area contributed by atoms with Crippen molar-refractivity contribution in [3.05, 3.63) is 0 Å². The summed E-state index contributed by atoms with van der Waals surface area (Å²) in [5, 5.41) is 6.24. The van der Waals surface area contributed by atoms with Crippen molar-refractivity contribution in [2.45, 2.75) is 19.4 Å². The van der Waals surface area contributed by atoms with Gasteiger partial charge < -0.3 is 10.6 Å². The maximum absolute atomic E-state index is 11.2. The van der Waals surface area contributed by atoms with Gasteiger partial charge in [0.05, 0.1) is 6.26 Å². The van der Waals surface area contributed by atoms with Crippen molar-refractivity contribution in [2.24, 2.45) is 4.99 Å². The molecule has 0 amide bonds. The van der Waals surface area contributed by atoms with Crippen LogP contribution in [0.15, 0.2) is 4.99 Å². The topological polar surface area (TPSA) is 82.6 Å². The van der Waals surface area contributed by atoms with Crippen LogP contribution in [0.3, 0.4) is 0 Å². The first-order valence-corrected chi connectivity index (χ1v) is 8.91. The van der Waals surface area contributed by atoms with E-state index in [9.17, 15) is 8.42 Å². The van der Waals surface area contributed by atoms with Crippen LogP contribution in [0.2, 0.25) is 0 Å². The van der Waals surface area contributed by atoms with E-state index in [0.717, 1.165) is 18.6 Å². The van der Waals surface area contributed by atoms with Crippen LogP contribution < -0.4 is 15.4 Å². The molecular weight excluding hydrogens is 399 g/mol. The lowest BCUT2D eigenvalue weighted by molar-refractivity contribution is 0.447. The lowest BCUT2D eigenvalue weighted by Crippen LogP contribution is -2.53. The molecule has 3 N–H and O–H groups in total. The molecule has 0 saturated carbocycles. The van der Waals surface area contributed by atoms with Gasteiger partial charge in [-0.05, 0) is 20.1 Å². The molecule has 0 radical (unpaired) electrons. The van der Waals surface area contributed by atoms with Crippen molar-refractivity contribution in [3.8, 4) is 0 Å². The van der Waals surface area contributed by atoms with Crippen molar-refractivity contribution in [1.82, 2.24) is 15.4 Å². The van der Waals surface area contributed by atoms with Gasteiger partial charge in [-0.15, -0.1) is 24.0 Å². The van der Waals surface area contributed by atoms with Crippen LogP contribution >= 0.6 is 35.7 Å². The fourth-order valence-corrected chi connectivity index (χ4v) is 2.72. The second-order valence-corrected chi connectivity index (χ2v) is 7.34. The van der Waals surface area contributed by atoms with Crippen LogP contribution in [-0.4, -0.2) is 58.3 Å². The summed E-state index contributed by atoms with van der Waals surface area (Å²) in [5.41, 5.74) is -0.565. The van der Waals surface area contributed by atoms with Gasteiger partial charge in [0.25, 0.3) is 0 Å². The van der Waals surface area contributed by atoms with Crippen molar-refractivity contribution in [1.29, 1.82) is 0 Å². The summed E-state index contributed by atoms with van der Waals surface area (Å²) in [6, 6.07) is 0. The molecule has 0 fully saturated rings. The molecule has 0 aromatic carbocycles. The maximum atomic E-state index is 11.2. The first kappa shape index (κ1) is 21.6. The van der Waals surface area contributed by atoms with Gasteiger partial charge in [0.1, 0.15) is 0 Å². The number of aliphatic imine (C=N–C) groups is 1. The van der Waals surface area contributed by atoms with Crippen LogP contribution in [-0.2, 0) is 10.0 Å². The summed E-state index contributed by atoms with van der Waals surface area (Å²) in [4.78, 5) is 4.07. The number of sulfonamides is 1. The van der Waals surface area contributed by atoms with E-state index >= 15 is 0 Å². The number of halogens is 1. The van der Waals surface area contributed by atoms with Crippen LogP contribution in [0.1, 0.15) is 13.8 Å². The minimum Gasteiger partial charge on any atom is -0.356 e. The minimum absolute atomic E-state index is 0. The van der Waals surface area contributed by atoms with Crippen LogP contribution in [0, 0.1) is 0 Å². The van der Waals surface area contributed by atoms with Crippen LogP contribution in [0.5, 0.6) is 0 Å². The van der Waals surface area contributed by atoms with E-state index < -0.39 is 15.6 Å². The van der Waals surface area contributed by atoms with E-state index in [2.05, 4.69) is 20.3 Å². The van der Waals surface area contributed by atoms with Gasteiger partial charge in [-0.25, -0.2) is 13.1 Å². The van der Waals surface area contributed by atoms with E-state index in [-0.39, 0.29) is 24.0 Å². The van der Waals surface area contributed by atoms with Gasteiger partial charge in [0.15, 0.2) is 5.96 Å². The largest absolute Gasteiger partial charge is 0.356 e. The zero-order valence-electron chi connectivity index (χ0n) is 12.1.